The number of aromatic nitrogens is 3. The van der Waals surface area contributed by atoms with Crippen molar-refractivity contribution in [1.29, 1.82) is 0 Å². The molecule has 0 fully saturated rings. The molecule has 0 saturated carbocycles. The molecule has 0 amide bonds. The summed E-state index contributed by atoms with van der Waals surface area (Å²) in [6.07, 6.45) is 1.79. The van der Waals surface area contributed by atoms with Gasteiger partial charge in [-0.1, -0.05) is 142 Å². The Kier molecular flexibility index (Phi) is 11.5. The molecule has 6 heteroatoms. The molecule has 1 radical (unpaired) electrons. The molecule has 0 bridgehead atoms. The predicted molar refractivity (Wildman–Crippen MR) is 267 cm³/mol. The summed E-state index contributed by atoms with van der Waals surface area (Å²) in [4.78, 5) is 9.59. The van der Waals surface area contributed by atoms with Crippen molar-refractivity contribution in [3.05, 3.63) is 211 Å². The number of para-hydroxylation sites is 2. The molecule has 0 N–H and O–H groups in total. The van der Waals surface area contributed by atoms with Gasteiger partial charge in [0.1, 0.15) is 16.7 Å². The Labute approximate surface area is 397 Å². The summed E-state index contributed by atoms with van der Waals surface area (Å²) in [6, 6.07) is 69.3. The molecule has 5 nitrogen and oxygen atoms in total. The standard InChI is InChI=1S/C49H37N2O2.C11H8N.Ir/c1-29(2)39-28-44-46(37-25-23-34(27-43(37)52-44)32-16-9-6-10-17-32)45(30(3)4)47(39)51-41-21-12-11-20-40(41)50-49(51)38-19-13-18-36-35-24-22-33(26-42(35)53-48(36)38)31-14-7-5-8-15-31;1-2-6-10(7-3-1)11-8-4-5-9-12-11;/h5-18,20-30H,1-4H3;1-6,8-9H;/q2*-1;. The summed E-state index contributed by atoms with van der Waals surface area (Å²) in [5.41, 5.74) is 16.4. The van der Waals surface area contributed by atoms with Crippen molar-refractivity contribution in [2.24, 2.45) is 0 Å². The maximum absolute atomic E-state index is 6.81. The zero-order valence-corrected chi connectivity index (χ0v) is 39.4. The number of imidazole rings is 1. The summed E-state index contributed by atoms with van der Waals surface area (Å²) in [6.45, 7) is 9.10. The molecule has 0 aliphatic rings. The molecule has 0 saturated heterocycles. The van der Waals surface area contributed by atoms with E-state index in [-0.39, 0.29) is 31.9 Å². The van der Waals surface area contributed by atoms with Crippen molar-refractivity contribution in [2.45, 2.75) is 39.5 Å². The van der Waals surface area contributed by atoms with Crippen LogP contribution in [-0.2, 0) is 20.1 Å². The molecule has 323 valence electrons. The summed E-state index contributed by atoms with van der Waals surface area (Å²) >= 11 is 0. The fraction of sp³-hybridized carbons (Fsp3) is 0.100. The number of hydrogen-bond acceptors (Lipinski definition) is 4. The van der Waals surface area contributed by atoms with E-state index in [0.29, 0.717) is 0 Å². The van der Waals surface area contributed by atoms with Crippen LogP contribution in [0.2, 0.25) is 0 Å². The first-order valence-corrected chi connectivity index (χ1v) is 22.3. The third-order valence-electron chi connectivity index (χ3n) is 12.3. The van der Waals surface area contributed by atoms with Crippen LogP contribution in [0.3, 0.4) is 0 Å². The Hall–Kier alpha value is -7.37. The van der Waals surface area contributed by atoms with Crippen molar-refractivity contribution in [3.8, 4) is 50.6 Å². The van der Waals surface area contributed by atoms with E-state index in [4.69, 9.17) is 13.8 Å². The summed E-state index contributed by atoms with van der Waals surface area (Å²) in [7, 11) is 0. The fourth-order valence-corrected chi connectivity index (χ4v) is 9.25. The minimum absolute atomic E-state index is 0. The molecule has 12 rings (SSSR count). The molecule has 0 atom stereocenters. The third-order valence-corrected chi connectivity index (χ3v) is 12.3. The van der Waals surface area contributed by atoms with Gasteiger partial charge in [-0.3, -0.25) is 4.98 Å². The zero-order valence-electron chi connectivity index (χ0n) is 37.0. The fourth-order valence-electron chi connectivity index (χ4n) is 9.25. The molecular weight excluding hydrogens is 987 g/mol. The van der Waals surface area contributed by atoms with Gasteiger partial charge in [0.25, 0.3) is 0 Å². The summed E-state index contributed by atoms with van der Waals surface area (Å²) < 4.78 is 15.9. The van der Waals surface area contributed by atoms with Crippen LogP contribution < -0.4 is 0 Å². The van der Waals surface area contributed by atoms with E-state index in [0.717, 1.165) is 99.9 Å². The third kappa shape index (κ3) is 7.62. The molecule has 12 aromatic rings. The van der Waals surface area contributed by atoms with Crippen LogP contribution in [0.1, 0.15) is 50.7 Å². The van der Waals surface area contributed by atoms with E-state index in [1.54, 1.807) is 6.20 Å². The van der Waals surface area contributed by atoms with Crippen molar-refractivity contribution < 1.29 is 28.9 Å². The average Bonchev–Trinajstić information content (AvgIpc) is 4.05. The maximum Gasteiger partial charge on any atom is 0.136 e. The zero-order chi connectivity index (χ0) is 44.0. The van der Waals surface area contributed by atoms with E-state index in [9.17, 15) is 0 Å². The van der Waals surface area contributed by atoms with Crippen LogP contribution in [0.15, 0.2) is 197 Å². The van der Waals surface area contributed by atoms with E-state index in [2.05, 4.69) is 177 Å². The largest absolute Gasteiger partial charge is 0.501 e. The molecular formula is C60H45IrN3O2-2. The Morgan fingerprint density at radius 3 is 1.86 bits per heavy atom. The molecule has 0 unspecified atom stereocenters. The molecule has 0 aliphatic heterocycles. The second kappa shape index (κ2) is 17.9. The van der Waals surface area contributed by atoms with Gasteiger partial charge >= 0.3 is 0 Å². The first kappa shape index (κ1) is 42.6. The van der Waals surface area contributed by atoms with Crippen LogP contribution in [0.5, 0.6) is 0 Å². The van der Waals surface area contributed by atoms with Gasteiger partial charge in [-0.15, -0.1) is 54.1 Å². The maximum atomic E-state index is 6.81. The van der Waals surface area contributed by atoms with E-state index in [1.807, 2.05) is 54.6 Å². The summed E-state index contributed by atoms with van der Waals surface area (Å²) in [5, 5.41) is 4.39. The van der Waals surface area contributed by atoms with Crippen LogP contribution in [0.4, 0.5) is 0 Å². The first-order chi connectivity index (χ1) is 31.9. The van der Waals surface area contributed by atoms with E-state index >= 15 is 0 Å². The molecule has 4 aromatic heterocycles. The quantitative estimate of drug-likeness (QED) is 0.149. The van der Waals surface area contributed by atoms with Crippen LogP contribution >= 0.6 is 0 Å². The van der Waals surface area contributed by atoms with Gasteiger partial charge in [0.05, 0.1) is 22.4 Å². The van der Waals surface area contributed by atoms with Gasteiger partial charge in [0.15, 0.2) is 0 Å². The van der Waals surface area contributed by atoms with Crippen LogP contribution in [0.25, 0.3) is 105 Å². The van der Waals surface area contributed by atoms with Crippen molar-refractivity contribution >= 4 is 54.9 Å². The number of benzene rings is 8. The molecule has 0 spiro atoms. The molecule has 0 aliphatic carbocycles. The number of nitrogens with zero attached hydrogens (tertiary/aromatic N) is 3. The van der Waals surface area contributed by atoms with Crippen molar-refractivity contribution in [1.82, 2.24) is 14.5 Å². The number of furan rings is 2. The summed E-state index contributed by atoms with van der Waals surface area (Å²) in [5.74, 6) is 1.19. The minimum atomic E-state index is 0. The van der Waals surface area contributed by atoms with Crippen LogP contribution in [0, 0.1) is 12.1 Å². The second-order valence-electron chi connectivity index (χ2n) is 17.1. The monoisotopic (exact) mass is 1030 g/mol. The Balaban J connectivity index is 0.000000342. The number of fused-ring (bicyclic) bond motifs is 7. The molecule has 8 aromatic carbocycles. The second-order valence-corrected chi connectivity index (χ2v) is 17.1. The minimum Gasteiger partial charge on any atom is -0.501 e. The SMILES string of the molecule is CC(C)c1cc2oc3cc(-c4ccccc4)ccc3c2c(C(C)C)c1-n1c(-c2[c-]ccc3c2oc2cc(-c4ccccc4)ccc23)nc2ccccc21.[Ir].[c-]1ccccc1-c1ccccn1. The van der Waals surface area contributed by atoms with E-state index in [1.165, 1.54) is 16.7 Å². The first-order valence-electron chi connectivity index (χ1n) is 22.3. The predicted octanol–water partition coefficient (Wildman–Crippen LogP) is 16.4. The number of rotatable bonds is 7. The van der Waals surface area contributed by atoms with E-state index < -0.39 is 0 Å². The number of pyridine rings is 1. The van der Waals surface area contributed by atoms with Gasteiger partial charge in [-0.05, 0) is 93.4 Å². The average molecular weight is 1030 g/mol. The van der Waals surface area contributed by atoms with Gasteiger partial charge in [0.2, 0.25) is 0 Å². The Bertz CT molecular complexity index is 3610. The van der Waals surface area contributed by atoms with Gasteiger partial charge in [-0.25, -0.2) is 0 Å². The van der Waals surface area contributed by atoms with Gasteiger partial charge in [0, 0.05) is 48.1 Å². The molecule has 4 heterocycles. The normalized spacial score (nSPS) is 11.5. The van der Waals surface area contributed by atoms with Gasteiger partial charge in [-0.2, -0.15) is 0 Å². The van der Waals surface area contributed by atoms with Gasteiger partial charge < -0.3 is 18.4 Å². The smallest absolute Gasteiger partial charge is 0.136 e. The number of hydrogen-bond donors (Lipinski definition) is 0. The van der Waals surface area contributed by atoms with Crippen molar-refractivity contribution in [3.63, 3.8) is 0 Å². The Morgan fingerprint density at radius 2 is 1.20 bits per heavy atom. The van der Waals surface area contributed by atoms with Crippen LogP contribution in [-0.4, -0.2) is 14.5 Å². The molecule has 66 heavy (non-hydrogen) atoms. The topological polar surface area (TPSA) is 57.0 Å². The van der Waals surface area contributed by atoms with Crippen molar-refractivity contribution in [2.75, 3.05) is 0 Å². The Morgan fingerprint density at radius 1 is 0.530 bits per heavy atom.